The van der Waals surface area contributed by atoms with E-state index in [0.29, 0.717) is 24.4 Å². The number of nitrogens with zero attached hydrogens (tertiary/aromatic N) is 2. The van der Waals surface area contributed by atoms with Crippen LogP contribution in [-0.4, -0.2) is 57.6 Å². The molecule has 0 bridgehead atoms. The minimum absolute atomic E-state index is 0.0710. The molecular weight excluding hydrogens is 538 g/mol. The molecule has 9 heteroatoms. The lowest BCUT2D eigenvalue weighted by Crippen LogP contribution is -2.50. The number of rotatable bonds is 16. The Morgan fingerprint density at radius 1 is 0.878 bits per heavy atom. The van der Waals surface area contributed by atoms with Crippen molar-refractivity contribution in [2.75, 3.05) is 30.8 Å². The van der Waals surface area contributed by atoms with Gasteiger partial charge < -0.3 is 15.0 Å². The Bertz CT molecular complexity index is 1350. The number of ether oxygens (including phenoxy) is 1. The van der Waals surface area contributed by atoms with Gasteiger partial charge in [0, 0.05) is 32.5 Å². The summed E-state index contributed by atoms with van der Waals surface area (Å²) in [6.45, 7) is 2.96. The van der Waals surface area contributed by atoms with Gasteiger partial charge in [0.15, 0.2) is 0 Å². The van der Waals surface area contributed by atoms with Gasteiger partial charge in [-0.1, -0.05) is 86.1 Å². The van der Waals surface area contributed by atoms with Crippen molar-refractivity contribution in [3.63, 3.8) is 0 Å². The van der Waals surface area contributed by atoms with Crippen molar-refractivity contribution < 1.29 is 22.7 Å². The molecule has 41 heavy (non-hydrogen) atoms. The van der Waals surface area contributed by atoms with Crippen molar-refractivity contribution in [3.8, 4) is 5.75 Å². The third kappa shape index (κ3) is 9.63. The molecule has 0 aliphatic rings. The zero-order valence-corrected chi connectivity index (χ0v) is 25.0. The average molecular weight is 580 g/mol. The number of amides is 2. The highest BCUT2D eigenvalue weighted by molar-refractivity contribution is 7.92. The molecule has 1 atom stereocenters. The fourth-order valence-electron chi connectivity index (χ4n) is 4.66. The molecule has 0 heterocycles. The van der Waals surface area contributed by atoms with Crippen LogP contribution in [-0.2, 0) is 32.6 Å². The number of anilines is 1. The first-order chi connectivity index (χ1) is 19.7. The third-order valence-corrected chi connectivity index (χ3v) is 7.98. The molecule has 0 aliphatic carbocycles. The quantitative estimate of drug-likeness (QED) is 0.246. The average Bonchev–Trinajstić information content (AvgIpc) is 2.97. The number of hydrogen-bond acceptors (Lipinski definition) is 5. The number of carbonyl (C=O) groups excluding carboxylic acids is 2. The molecule has 0 spiro atoms. The van der Waals surface area contributed by atoms with E-state index in [4.69, 9.17) is 4.74 Å². The summed E-state index contributed by atoms with van der Waals surface area (Å²) in [5.41, 5.74) is 2.28. The molecule has 0 fully saturated rings. The smallest absolute Gasteiger partial charge is 0.243 e. The maximum atomic E-state index is 13.9. The Morgan fingerprint density at radius 2 is 1.49 bits per heavy atom. The second kappa shape index (κ2) is 15.8. The topological polar surface area (TPSA) is 96.0 Å². The zero-order chi connectivity index (χ0) is 29.7. The van der Waals surface area contributed by atoms with E-state index in [-0.39, 0.29) is 37.7 Å². The number of sulfonamides is 1. The molecule has 220 valence electrons. The van der Waals surface area contributed by atoms with Crippen LogP contribution in [0.3, 0.4) is 0 Å². The van der Waals surface area contributed by atoms with E-state index in [9.17, 15) is 18.0 Å². The first-order valence-electron chi connectivity index (χ1n) is 14.0. The zero-order valence-electron chi connectivity index (χ0n) is 24.2. The van der Waals surface area contributed by atoms with Crippen molar-refractivity contribution in [1.82, 2.24) is 10.2 Å². The van der Waals surface area contributed by atoms with Crippen LogP contribution in [0.25, 0.3) is 0 Å². The third-order valence-electron chi connectivity index (χ3n) is 6.80. The summed E-state index contributed by atoms with van der Waals surface area (Å²) in [4.78, 5) is 29.0. The first kappa shape index (κ1) is 31.7. The first-order valence-corrected chi connectivity index (χ1v) is 15.8. The van der Waals surface area contributed by atoms with E-state index in [1.807, 2.05) is 60.7 Å². The van der Waals surface area contributed by atoms with Gasteiger partial charge in [0.05, 0.1) is 19.1 Å². The molecule has 0 aliphatic heterocycles. The minimum atomic E-state index is -3.64. The molecule has 3 aromatic rings. The number of carbonyl (C=O) groups is 2. The highest BCUT2D eigenvalue weighted by atomic mass is 32.2. The van der Waals surface area contributed by atoms with Crippen LogP contribution in [0, 0.1) is 0 Å². The number of benzene rings is 3. The molecule has 2 amide bonds. The Morgan fingerprint density at radius 3 is 2.10 bits per heavy atom. The Balaban J connectivity index is 1.86. The molecule has 0 saturated heterocycles. The van der Waals surface area contributed by atoms with Gasteiger partial charge in [0.25, 0.3) is 0 Å². The van der Waals surface area contributed by atoms with Crippen molar-refractivity contribution in [2.45, 2.75) is 51.6 Å². The standard InChI is InChI=1S/C32H41N3O5S/c1-4-5-22-33-32(37)29(24-26-15-8-6-9-16-26)34(25-27-17-10-7-11-18-27)31(36)21-14-23-35(41(3,38)39)28-19-12-13-20-30(28)40-2/h6-13,15-20,29H,4-5,14,21-25H2,1-3H3,(H,33,37). The fourth-order valence-corrected chi connectivity index (χ4v) is 5.63. The fraction of sp³-hybridized carbons (Fsp3) is 0.375. The van der Waals surface area contributed by atoms with Gasteiger partial charge in [-0.05, 0) is 36.1 Å². The number of para-hydroxylation sites is 2. The van der Waals surface area contributed by atoms with E-state index >= 15 is 0 Å². The summed E-state index contributed by atoms with van der Waals surface area (Å²) in [7, 11) is -2.15. The number of nitrogens with one attached hydrogen (secondary N) is 1. The van der Waals surface area contributed by atoms with Gasteiger partial charge in [-0.25, -0.2) is 8.42 Å². The molecule has 1 N–H and O–H groups in total. The summed E-state index contributed by atoms with van der Waals surface area (Å²) in [6, 6.07) is 25.4. The predicted molar refractivity (Wildman–Crippen MR) is 163 cm³/mol. The van der Waals surface area contributed by atoms with Gasteiger partial charge in [-0.3, -0.25) is 13.9 Å². The molecule has 8 nitrogen and oxygen atoms in total. The Labute approximate surface area is 244 Å². The maximum absolute atomic E-state index is 13.9. The normalized spacial score (nSPS) is 11.9. The number of hydrogen-bond donors (Lipinski definition) is 1. The SMILES string of the molecule is CCCCNC(=O)C(Cc1ccccc1)N(Cc1ccccc1)C(=O)CCCN(c1ccccc1OC)S(C)(=O)=O. The van der Waals surface area contributed by atoms with Gasteiger partial charge in [0.2, 0.25) is 21.8 Å². The van der Waals surface area contributed by atoms with Gasteiger partial charge in [-0.2, -0.15) is 0 Å². The minimum Gasteiger partial charge on any atom is -0.495 e. The monoisotopic (exact) mass is 579 g/mol. The Kier molecular flexibility index (Phi) is 12.2. The van der Waals surface area contributed by atoms with Crippen molar-refractivity contribution in [1.29, 1.82) is 0 Å². The largest absolute Gasteiger partial charge is 0.495 e. The lowest BCUT2D eigenvalue weighted by Gasteiger charge is -2.32. The van der Waals surface area contributed by atoms with E-state index in [0.717, 1.165) is 30.2 Å². The molecule has 0 radical (unpaired) electrons. The predicted octanol–water partition coefficient (Wildman–Crippen LogP) is 4.80. The van der Waals surface area contributed by atoms with Crippen LogP contribution in [0.4, 0.5) is 5.69 Å². The van der Waals surface area contributed by atoms with Crippen LogP contribution in [0.2, 0.25) is 0 Å². The molecular formula is C32H41N3O5S. The second-order valence-electron chi connectivity index (χ2n) is 9.97. The molecule has 0 aromatic heterocycles. The van der Waals surface area contributed by atoms with Crippen LogP contribution in [0.15, 0.2) is 84.9 Å². The summed E-state index contributed by atoms with van der Waals surface area (Å²) >= 11 is 0. The van der Waals surface area contributed by atoms with Crippen LogP contribution >= 0.6 is 0 Å². The molecule has 0 saturated carbocycles. The van der Waals surface area contributed by atoms with Gasteiger partial charge >= 0.3 is 0 Å². The lowest BCUT2D eigenvalue weighted by molar-refractivity contribution is -0.141. The van der Waals surface area contributed by atoms with Crippen molar-refractivity contribution in [2.24, 2.45) is 0 Å². The second-order valence-corrected chi connectivity index (χ2v) is 11.9. The van der Waals surface area contributed by atoms with Crippen LogP contribution in [0.5, 0.6) is 5.75 Å². The molecule has 1 unspecified atom stereocenters. The van der Waals surface area contributed by atoms with E-state index in [1.54, 1.807) is 29.2 Å². The van der Waals surface area contributed by atoms with Crippen molar-refractivity contribution >= 4 is 27.5 Å². The van der Waals surface area contributed by atoms with Crippen LogP contribution < -0.4 is 14.4 Å². The van der Waals surface area contributed by atoms with Crippen molar-refractivity contribution in [3.05, 3.63) is 96.1 Å². The van der Waals surface area contributed by atoms with E-state index in [2.05, 4.69) is 12.2 Å². The molecule has 3 aromatic carbocycles. The molecule has 3 rings (SSSR count). The number of unbranched alkanes of at least 4 members (excludes halogenated alkanes) is 1. The highest BCUT2D eigenvalue weighted by Crippen LogP contribution is 2.30. The summed E-state index contributed by atoms with van der Waals surface area (Å²) in [5.74, 6) is 0.0221. The van der Waals surface area contributed by atoms with Gasteiger partial charge in [-0.15, -0.1) is 0 Å². The van der Waals surface area contributed by atoms with E-state index in [1.165, 1.54) is 11.4 Å². The number of methoxy groups -OCH3 is 1. The van der Waals surface area contributed by atoms with Gasteiger partial charge in [0.1, 0.15) is 11.8 Å². The summed E-state index contributed by atoms with van der Waals surface area (Å²) in [6.07, 6.45) is 3.64. The Hall–Kier alpha value is -3.85. The van der Waals surface area contributed by atoms with Crippen LogP contribution in [0.1, 0.15) is 43.7 Å². The van der Waals surface area contributed by atoms with E-state index < -0.39 is 16.1 Å². The highest BCUT2D eigenvalue weighted by Gasteiger charge is 2.30. The maximum Gasteiger partial charge on any atom is 0.243 e. The summed E-state index contributed by atoms with van der Waals surface area (Å²) in [5, 5.41) is 3.02. The lowest BCUT2D eigenvalue weighted by atomic mass is 10.0. The summed E-state index contributed by atoms with van der Waals surface area (Å²) < 4.78 is 32.0.